The highest BCUT2D eigenvalue weighted by atomic mass is 32.2. The summed E-state index contributed by atoms with van der Waals surface area (Å²) in [5.41, 5.74) is 3.06. The molecule has 35 heavy (non-hydrogen) atoms. The molecule has 3 aromatic heterocycles. The van der Waals surface area contributed by atoms with Crippen molar-refractivity contribution in [3.05, 3.63) is 79.0 Å². The first-order valence-corrected chi connectivity index (χ1v) is 12.7. The van der Waals surface area contributed by atoms with Crippen LogP contribution in [0.15, 0.2) is 83.5 Å². The quantitative estimate of drug-likeness (QED) is 0.163. The van der Waals surface area contributed by atoms with E-state index in [2.05, 4.69) is 25.0 Å². The Morgan fingerprint density at radius 3 is 2.80 bits per heavy atom. The lowest BCUT2D eigenvalue weighted by molar-refractivity contribution is 0.430. The molecule has 0 aliphatic heterocycles. The number of imidazole rings is 1. The van der Waals surface area contributed by atoms with Gasteiger partial charge in [-0.25, -0.2) is 23.1 Å². The molecule has 0 radical (unpaired) electrons. The average molecular weight is 495 g/mol. The number of oxazole rings is 1. The number of allylic oxidation sites excluding steroid dienone is 2. The standard InChI is InChI=1S/C24H26N6O4S/c1-2-7-19(31)10-6-17-35(32,33)27-14-13-26-23-25-12-11-20(28-23)22-21(18-8-4-3-5-9-18)29-24-30(22)15-16-34-24/h3-12,15-16,27,31H,2,13-14,17H2,1H3,(H,25,26,28)/b10-6-,19-7+. The normalized spacial score (nSPS) is 12.5. The molecular weight excluding hydrogens is 468 g/mol. The van der Waals surface area contributed by atoms with Crippen LogP contribution in [0.4, 0.5) is 5.95 Å². The second-order valence-electron chi connectivity index (χ2n) is 7.54. The van der Waals surface area contributed by atoms with E-state index in [4.69, 9.17) is 4.42 Å². The van der Waals surface area contributed by atoms with Crippen molar-refractivity contribution in [3.8, 4) is 22.6 Å². The summed E-state index contributed by atoms with van der Waals surface area (Å²) in [6.45, 7) is 2.31. The molecule has 1 aromatic carbocycles. The van der Waals surface area contributed by atoms with Crippen LogP contribution in [0.1, 0.15) is 13.3 Å². The van der Waals surface area contributed by atoms with Crippen molar-refractivity contribution in [2.24, 2.45) is 0 Å². The van der Waals surface area contributed by atoms with Crippen LogP contribution in [0.2, 0.25) is 0 Å². The first-order chi connectivity index (χ1) is 17.0. The molecule has 3 heterocycles. The number of aromatic nitrogens is 4. The molecule has 0 amide bonds. The van der Waals surface area contributed by atoms with Crippen LogP contribution in [0.5, 0.6) is 0 Å². The van der Waals surface area contributed by atoms with E-state index in [9.17, 15) is 13.5 Å². The summed E-state index contributed by atoms with van der Waals surface area (Å²) in [4.78, 5) is 13.5. The third-order valence-corrected chi connectivity index (χ3v) is 6.23. The SMILES string of the molecule is CC/C=C(O)\C=C/CS(=O)(=O)NCCNc1nccc(-c2c(-c3ccccc3)nc3occn23)n1. The Morgan fingerprint density at radius 1 is 1.17 bits per heavy atom. The number of nitrogens with zero attached hydrogens (tertiary/aromatic N) is 4. The van der Waals surface area contributed by atoms with Gasteiger partial charge >= 0.3 is 5.84 Å². The number of rotatable bonds is 11. The van der Waals surface area contributed by atoms with Gasteiger partial charge in [0.1, 0.15) is 23.4 Å². The Kier molecular flexibility index (Phi) is 7.58. The van der Waals surface area contributed by atoms with Gasteiger partial charge in [-0.2, -0.15) is 4.98 Å². The van der Waals surface area contributed by atoms with Crippen molar-refractivity contribution >= 4 is 21.8 Å². The summed E-state index contributed by atoms with van der Waals surface area (Å²) >= 11 is 0. The van der Waals surface area contributed by atoms with E-state index in [1.807, 2.05) is 41.7 Å². The number of hydrogen-bond acceptors (Lipinski definition) is 8. The van der Waals surface area contributed by atoms with Crippen molar-refractivity contribution in [1.82, 2.24) is 24.1 Å². The van der Waals surface area contributed by atoms with Crippen LogP contribution in [0.3, 0.4) is 0 Å². The topological polar surface area (TPSA) is 135 Å². The molecule has 0 unspecified atom stereocenters. The maximum absolute atomic E-state index is 12.1. The molecule has 4 aromatic rings. The Bertz CT molecular complexity index is 1440. The fourth-order valence-electron chi connectivity index (χ4n) is 3.42. The predicted octanol–water partition coefficient (Wildman–Crippen LogP) is 3.79. The Balaban J connectivity index is 1.42. The van der Waals surface area contributed by atoms with Gasteiger partial charge in [0.2, 0.25) is 16.0 Å². The van der Waals surface area contributed by atoms with Gasteiger partial charge in [0.15, 0.2) is 0 Å². The lowest BCUT2D eigenvalue weighted by Crippen LogP contribution is -2.30. The zero-order valence-corrected chi connectivity index (χ0v) is 19.9. The van der Waals surface area contributed by atoms with Crippen LogP contribution in [-0.4, -0.2) is 51.7 Å². The van der Waals surface area contributed by atoms with Crippen LogP contribution in [-0.2, 0) is 10.0 Å². The van der Waals surface area contributed by atoms with E-state index in [1.165, 1.54) is 12.2 Å². The third kappa shape index (κ3) is 6.14. The molecule has 10 nitrogen and oxygen atoms in total. The van der Waals surface area contributed by atoms with Crippen molar-refractivity contribution in [1.29, 1.82) is 0 Å². The number of anilines is 1. The van der Waals surface area contributed by atoms with Crippen molar-refractivity contribution < 1.29 is 17.9 Å². The van der Waals surface area contributed by atoms with Crippen molar-refractivity contribution in [2.75, 3.05) is 24.2 Å². The number of sulfonamides is 1. The van der Waals surface area contributed by atoms with Gasteiger partial charge in [-0.3, -0.25) is 4.40 Å². The molecule has 11 heteroatoms. The second-order valence-corrected chi connectivity index (χ2v) is 9.39. The fraction of sp³-hybridized carbons (Fsp3) is 0.208. The number of aliphatic hydroxyl groups is 1. The van der Waals surface area contributed by atoms with Gasteiger partial charge in [-0.05, 0) is 24.6 Å². The monoisotopic (exact) mass is 494 g/mol. The summed E-state index contributed by atoms with van der Waals surface area (Å²) in [5, 5.41) is 12.6. The fourth-order valence-corrected chi connectivity index (χ4v) is 4.30. The van der Waals surface area contributed by atoms with E-state index in [-0.39, 0.29) is 24.6 Å². The zero-order chi connectivity index (χ0) is 24.7. The van der Waals surface area contributed by atoms with E-state index >= 15 is 0 Å². The number of hydrogen-bond donors (Lipinski definition) is 3. The molecule has 4 rings (SSSR count). The second kappa shape index (κ2) is 11.0. The first kappa shape index (κ1) is 24.2. The molecule has 0 aliphatic rings. The molecule has 3 N–H and O–H groups in total. The van der Waals surface area contributed by atoms with E-state index in [1.54, 1.807) is 30.8 Å². The van der Waals surface area contributed by atoms with Gasteiger partial charge in [-0.1, -0.05) is 43.3 Å². The Morgan fingerprint density at radius 2 is 2.00 bits per heavy atom. The van der Waals surface area contributed by atoms with Gasteiger partial charge in [0.25, 0.3) is 0 Å². The minimum Gasteiger partial charge on any atom is -0.508 e. The van der Waals surface area contributed by atoms with Crippen LogP contribution in [0.25, 0.3) is 28.5 Å². The smallest absolute Gasteiger partial charge is 0.306 e. The molecular formula is C24H26N6O4S. The number of benzene rings is 1. The minimum atomic E-state index is -3.52. The van der Waals surface area contributed by atoms with Gasteiger partial charge in [-0.15, -0.1) is 0 Å². The molecule has 0 aliphatic carbocycles. The largest absolute Gasteiger partial charge is 0.508 e. The number of nitrogens with one attached hydrogen (secondary N) is 2. The molecule has 0 atom stereocenters. The predicted molar refractivity (Wildman–Crippen MR) is 134 cm³/mol. The van der Waals surface area contributed by atoms with Gasteiger partial charge < -0.3 is 14.8 Å². The van der Waals surface area contributed by atoms with Crippen molar-refractivity contribution in [2.45, 2.75) is 13.3 Å². The summed E-state index contributed by atoms with van der Waals surface area (Å²) in [7, 11) is -3.52. The number of fused-ring (bicyclic) bond motifs is 1. The Labute approximate surface area is 203 Å². The van der Waals surface area contributed by atoms with Crippen molar-refractivity contribution in [3.63, 3.8) is 0 Å². The lowest BCUT2D eigenvalue weighted by Gasteiger charge is -2.08. The first-order valence-electron chi connectivity index (χ1n) is 11.1. The summed E-state index contributed by atoms with van der Waals surface area (Å²) in [5.74, 6) is 0.621. The lowest BCUT2D eigenvalue weighted by atomic mass is 10.1. The third-order valence-electron chi connectivity index (χ3n) is 4.96. The highest BCUT2D eigenvalue weighted by molar-refractivity contribution is 7.89. The molecule has 0 saturated heterocycles. The molecule has 0 saturated carbocycles. The van der Waals surface area contributed by atoms with E-state index in [0.29, 0.717) is 23.9 Å². The summed E-state index contributed by atoms with van der Waals surface area (Å²) < 4.78 is 34.1. The van der Waals surface area contributed by atoms with Crippen LogP contribution < -0.4 is 10.0 Å². The summed E-state index contributed by atoms with van der Waals surface area (Å²) in [6, 6.07) is 11.5. The van der Waals surface area contributed by atoms with Gasteiger partial charge in [0, 0.05) is 31.0 Å². The minimum absolute atomic E-state index is 0.0442. The van der Waals surface area contributed by atoms with Crippen LogP contribution >= 0.6 is 0 Å². The highest BCUT2D eigenvalue weighted by Crippen LogP contribution is 2.32. The molecule has 182 valence electrons. The maximum Gasteiger partial charge on any atom is 0.306 e. The summed E-state index contributed by atoms with van der Waals surface area (Å²) in [6.07, 6.45) is 10.00. The highest BCUT2D eigenvalue weighted by Gasteiger charge is 2.19. The van der Waals surface area contributed by atoms with E-state index in [0.717, 1.165) is 17.0 Å². The molecule has 0 bridgehead atoms. The average Bonchev–Trinajstić information content (AvgIpc) is 3.44. The van der Waals surface area contributed by atoms with Crippen LogP contribution in [0, 0.1) is 0 Å². The van der Waals surface area contributed by atoms with Gasteiger partial charge in [0.05, 0.1) is 11.4 Å². The molecule has 0 spiro atoms. The zero-order valence-electron chi connectivity index (χ0n) is 19.1. The molecule has 0 fully saturated rings. The maximum atomic E-state index is 12.1. The van der Waals surface area contributed by atoms with E-state index < -0.39 is 10.0 Å². The number of aliphatic hydroxyl groups excluding tert-OH is 1. The Hall–Kier alpha value is -3.96.